The van der Waals surface area contributed by atoms with E-state index >= 15 is 0 Å². The third-order valence-corrected chi connectivity index (χ3v) is 3.66. The smallest absolute Gasteiger partial charge is 0.139 e. The van der Waals surface area contributed by atoms with E-state index in [2.05, 4.69) is 4.98 Å². The molecule has 4 heteroatoms. The predicted molar refractivity (Wildman–Crippen MR) is 80.5 cm³/mol. The second-order valence-corrected chi connectivity index (χ2v) is 5.06. The molecule has 2 aromatic carbocycles. The fraction of sp³-hybridized carbons (Fsp3) is 0.235. The SMILES string of the molecule is CC[C@H](O)c1nc2ccccc2n1Cc1ccccc1F. The molecule has 0 aliphatic heterocycles. The number of aliphatic hydroxyl groups is 1. The quantitative estimate of drug-likeness (QED) is 0.794. The van der Waals surface area contributed by atoms with Crippen molar-refractivity contribution in [1.82, 2.24) is 9.55 Å². The van der Waals surface area contributed by atoms with Gasteiger partial charge in [-0.1, -0.05) is 37.3 Å². The first-order valence-electron chi connectivity index (χ1n) is 7.07. The van der Waals surface area contributed by atoms with E-state index in [4.69, 9.17) is 0 Å². The first-order chi connectivity index (χ1) is 10.2. The summed E-state index contributed by atoms with van der Waals surface area (Å²) in [6.07, 6.45) is -0.0789. The van der Waals surface area contributed by atoms with E-state index < -0.39 is 6.10 Å². The van der Waals surface area contributed by atoms with Gasteiger partial charge < -0.3 is 9.67 Å². The number of imidazole rings is 1. The molecule has 0 amide bonds. The van der Waals surface area contributed by atoms with Crippen LogP contribution in [-0.4, -0.2) is 14.7 Å². The van der Waals surface area contributed by atoms with Gasteiger partial charge in [0.15, 0.2) is 0 Å². The molecule has 1 atom stereocenters. The summed E-state index contributed by atoms with van der Waals surface area (Å²) >= 11 is 0. The van der Waals surface area contributed by atoms with Gasteiger partial charge in [0, 0.05) is 5.56 Å². The number of nitrogens with zero attached hydrogens (tertiary/aromatic N) is 2. The first kappa shape index (κ1) is 13.8. The summed E-state index contributed by atoms with van der Waals surface area (Å²) < 4.78 is 15.8. The van der Waals surface area contributed by atoms with Crippen LogP contribution < -0.4 is 0 Å². The van der Waals surface area contributed by atoms with Gasteiger partial charge in [-0.25, -0.2) is 9.37 Å². The van der Waals surface area contributed by atoms with Crippen LogP contribution in [0.5, 0.6) is 0 Å². The van der Waals surface area contributed by atoms with Gasteiger partial charge in [0.2, 0.25) is 0 Å². The average Bonchev–Trinajstić information content (AvgIpc) is 2.88. The first-order valence-corrected chi connectivity index (χ1v) is 7.07. The Kier molecular flexibility index (Phi) is 3.71. The number of para-hydroxylation sites is 2. The highest BCUT2D eigenvalue weighted by molar-refractivity contribution is 5.76. The molecule has 0 bridgehead atoms. The summed E-state index contributed by atoms with van der Waals surface area (Å²) in [5.41, 5.74) is 2.31. The van der Waals surface area contributed by atoms with Crippen LogP contribution in [0.4, 0.5) is 4.39 Å². The molecule has 21 heavy (non-hydrogen) atoms. The summed E-state index contributed by atoms with van der Waals surface area (Å²) in [5, 5.41) is 10.2. The molecule has 0 fully saturated rings. The summed E-state index contributed by atoms with van der Waals surface area (Å²) in [6.45, 7) is 2.26. The highest BCUT2D eigenvalue weighted by atomic mass is 19.1. The van der Waals surface area contributed by atoms with Crippen LogP contribution in [-0.2, 0) is 6.54 Å². The van der Waals surface area contributed by atoms with Crippen molar-refractivity contribution in [2.45, 2.75) is 26.0 Å². The van der Waals surface area contributed by atoms with Gasteiger partial charge in [-0.2, -0.15) is 0 Å². The molecule has 0 saturated heterocycles. The Morgan fingerprint density at radius 2 is 1.86 bits per heavy atom. The number of halogens is 1. The fourth-order valence-corrected chi connectivity index (χ4v) is 2.49. The molecule has 0 saturated carbocycles. The summed E-state index contributed by atoms with van der Waals surface area (Å²) in [6, 6.07) is 14.4. The molecule has 3 rings (SSSR count). The maximum Gasteiger partial charge on any atom is 0.139 e. The summed E-state index contributed by atoms with van der Waals surface area (Å²) in [5.74, 6) is 0.342. The standard InChI is InChI=1S/C17H17FN2O/c1-2-16(21)17-19-14-9-5-6-10-15(14)20(17)11-12-7-3-4-8-13(12)18/h3-10,16,21H,2,11H2,1H3/t16-/m0/s1. The van der Waals surface area contributed by atoms with E-state index in [1.165, 1.54) is 6.07 Å². The Hall–Kier alpha value is -2.20. The van der Waals surface area contributed by atoms with Gasteiger partial charge in [0.05, 0.1) is 17.6 Å². The Morgan fingerprint density at radius 3 is 2.62 bits per heavy atom. The van der Waals surface area contributed by atoms with E-state index in [1.54, 1.807) is 12.1 Å². The second-order valence-electron chi connectivity index (χ2n) is 5.06. The van der Waals surface area contributed by atoms with Crippen LogP contribution in [0.15, 0.2) is 48.5 Å². The highest BCUT2D eigenvalue weighted by Gasteiger charge is 2.17. The zero-order chi connectivity index (χ0) is 14.8. The number of aromatic nitrogens is 2. The third-order valence-electron chi connectivity index (χ3n) is 3.66. The summed E-state index contributed by atoms with van der Waals surface area (Å²) in [4.78, 5) is 4.50. The maximum absolute atomic E-state index is 13.9. The van der Waals surface area contributed by atoms with Crippen LogP contribution in [0.3, 0.4) is 0 Å². The topological polar surface area (TPSA) is 38.1 Å². The van der Waals surface area contributed by atoms with E-state index in [1.807, 2.05) is 41.8 Å². The molecule has 0 aliphatic carbocycles. The molecule has 0 spiro atoms. The number of aliphatic hydroxyl groups excluding tert-OH is 1. The minimum Gasteiger partial charge on any atom is -0.385 e. The minimum absolute atomic E-state index is 0.243. The van der Waals surface area contributed by atoms with E-state index in [0.29, 0.717) is 24.4 Å². The zero-order valence-corrected chi connectivity index (χ0v) is 11.8. The van der Waals surface area contributed by atoms with Crippen LogP contribution in [0.25, 0.3) is 11.0 Å². The van der Waals surface area contributed by atoms with Gasteiger partial charge in [-0.15, -0.1) is 0 Å². The average molecular weight is 284 g/mol. The van der Waals surface area contributed by atoms with Crippen molar-refractivity contribution in [3.8, 4) is 0 Å². The number of benzene rings is 2. The van der Waals surface area contributed by atoms with Gasteiger partial charge in [-0.05, 0) is 24.6 Å². The largest absolute Gasteiger partial charge is 0.385 e. The van der Waals surface area contributed by atoms with Crippen LogP contribution in [0, 0.1) is 5.82 Å². The maximum atomic E-state index is 13.9. The lowest BCUT2D eigenvalue weighted by Crippen LogP contribution is -2.10. The van der Waals surface area contributed by atoms with E-state index in [0.717, 1.165) is 11.0 Å². The van der Waals surface area contributed by atoms with Crippen LogP contribution in [0.2, 0.25) is 0 Å². The monoisotopic (exact) mass is 284 g/mol. The van der Waals surface area contributed by atoms with Gasteiger partial charge in [0.25, 0.3) is 0 Å². The lowest BCUT2D eigenvalue weighted by atomic mass is 10.2. The molecule has 3 nitrogen and oxygen atoms in total. The van der Waals surface area contributed by atoms with Crippen molar-refractivity contribution < 1.29 is 9.50 Å². The van der Waals surface area contributed by atoms with Gasteiger partial charge in [0.1, 0.15) is 17.7 Å². The zero-order valence-electron chi connectivity index (χ0n) is 11.8. The normalized spacial score (nSPS) is 12.7. The Bertz CT molecular complexity index is 766. The Labute approximate surface area is 122 Å². The highest BCUT2D eigenvalue weighted by Crippen LogP contribution is 2.24. The molecule has 0 unspecified atom stereocenters. The second kappa shape index (κ2) is 5.66. The molecule has 108 valence electrons. The van der Waals surface area contributed by atoms with Crippen LogP contribution in [0.1, 0.15) is 30.8 Å². The number of fused-ring (bicyclic) bond motifs is 1. The molecule has 0 radical (unpaired) electrons. The number of hydrogen-bond acceptors (Lipinski definition) is 2. The van der Waals surface area contributed by atoms with Crippen molar-refractivity contribution in [3.05, 3.63) is 65.7 Å². The number of hydrogen-bond donors (Lipinski definition) is 1. The van der Waals surface area contributed by atoms with Crippen LogP contribution >= 0.6 is 0 Å². The molecular formula is C17H17FN2O. The van der Waals surface area contributed by atoms with Crippen molar-refractivity contribution in [2.24, 2.45) is 0 Å². The van der Waals surface area contributed by atoms with Crippen molar-refractivity contribution >= 4 is 11.0 Å². The lowest BCUT2D eigenvalue weighted by molar-refractivity contribution is 0.160. The Morgan fingerprint density at radius 1 is 1.14 bits per heavy atom. The predicted octanol–water partition coefficient (Wildman–Crippen LogP) is 3.67. The minimum atomic E-state index is -0.649. The van der Waals surface area contributed by atoms with E-state index in [-0.39, 0.29) is 5.82 Å². The molecule has 3 aromatic rings. The van der Waals surface area contributed by atoms with Gasteiger partial charge >= 0.3 is 0 Å². The van der Waals surface area contributed by atoms with Gasteiger partial charge in [-0.3, -0.25) is 0 Å². The van der Waals surface area contributed by atoms with E-state index in [9.17, 15) is 9.50 Å². The van der Waals surface area contributed by atoms with Crippen molar-refractivity contribution in [2.75, 3.05) is 0 Å². The molecule has 1 aromatic heterocycles. The molecular weight excluding hydrogens is 267 g/mol. The molecule has 1 heterocycles. The molecule has 1 N–H and O–H groups in total. The Balaban J connectivity index is 2.13. The third kappa shape index (κ3) is 2.54. The van der Waals surface area contributed by atoms with Crippen molar-refractivity contribution in [1.29, 1.82) is 0 Å². The fourth-order valence-electron chi connectivity index (χ4n) is 2.49. The lowest BCUT2D eigenvalue weighted by Gasteiger charge is -2.13. The van der Waals surface area contributed by atoms with Crippen molar-refractivity contribution in [3.63, 3.8) is 0 Å². The molecule has 0 aliphatic rings. The number of rotatable bonds is 4. The summed E-state index contributed by atoms with van der Waals surface area (Å²) in [7, 11) is 0.